The van der Waals surface area contributed by atoms with Crippen LogP contribution in [0.3, 0.4) is 0 Å². The van der Waals surface area contributed by atoms with Crippen LogP contribution in [0.25, 0.3) is 0 Å². The second-order valence-corrected chi connectivity index (χ2v) is 9.88. The molecule has 0 saturated heterocycles. The highest BCUT2D eigenvalue weighted by molar-refractivity contribution is 5.14. The molecule has 156 valence electrons. The lowest BCUT2D eigenvalue weighted by Gasteiger charge is -2.49. The monoisotopic (exact) mass is 386 g/mol. The molecule has 3 aliphatic carbocycles. The van der Waals surface area contributed by atoms with E-state index in [-0.39, 0.29) is 10.8 Å². The average molecular weight is 387 g/mol. The van der Waals surface area contributed by atoms with Crippen molar-refractivity contribution in [3.63, 3.8) is 0 Å². The number of methoxy groups -OCH3 is 2. The van der Waals surface area contributed by atoms with Crippen LogP contribution in [0.15, 0.2) is 0 Å². The Bertz CT molecular complexity index is 514. The average Bonchev–Trinajstić information content (AvgIpc) is 2.75. The minimum Gasteiger partial charge on any atom is -0.384 e. The Hall–Kier alpha value is -1.10. The molecule has 0 bridgehead atoms. The number of nitrogens with zero attached hydrogens (tertiary/aromatic N) is 2. The topological polar surface area (TPSA) is 66.0 Å². The fraction of sp³-hybridized carbons (Fsp3) is 0.917. The van der Waals surface area contributed by atoms with E-state index in [1.807, 2.05) is 0 Å². The first-order valence-corrected chi connectivity index (χ1v) is 11.4. The molecule has 0 amide bonds. The van der Waals surface area contributed by atoms with Crippen LogP contribution in [0, 0.1) is 57.2 Å². The Morgan fingerprint density at radius 3 is 1.21 bits per heavy atom. The molecule has 0 N–H and O–H groups in total. The van der Waals surface area contributed by atoms with Crippen molar-refractivity contribution in [1.29, 1.82) is 10.5 Å². The Morgan fingerprint density at radius 1 is 0.643 bits per heavy atom. The molecule has 0 unspecified atom stereocenters. The molecule has 0 aromatic carbocycles. The molecule has 0 atom stereocenters. The van der Waals surface area contributed by atoms with E-state index in [1.165, 1.54) is 25.7 Å². The third-order valence-corrected chi connectivity index (χ3v) is 8.54. The van der Waals surface area contributed by atoms with Gasteiger partial charge in [0.05, 0.1) is 23.0 Å². The van der Waals surface area contributed by atoms with Crippen molar-refractivity contribution in [3.8, 4) is 12.1 Å². The van der Waals surface area contributed by atoms with Gasteiger partial charge in [0.15, 0.2) is 0 Å². The van der Waals surface area contributed by atoms with Crippen molar-refractivity contribution < 1.29 is 9.47 Å². The smallest absolute Gasteiger partial charge is 0.0692 e. The Morgan fingerprint density at radius 2 is 0.964 bits per heavy atom. The fourth-order valence-corrected chi connectivity index (χ4v) is 6.60. The summed E-state index contributed by atoms with van der Waals surface area (Å²) in [7, 11) is 3.57. The zero-order valence-corrected chi connectivity index (χ0v) is 17.9. The summed E-state index contributed by atoms with van der Waals surface area (Å²) in [5.74, 6) is 2.36. The molecule has 3 fully saturated rings. The SMILES string of the molecule is COCC1CCC([C@]2(C#N)CC[C@@](C#N)(C3CCC(COC)CC3)CC2)CC1. The zero-order chi connectivity index (χ0) is 20.0. The van der Waals surface area contributed by atoms with Gasteiger partial charge in [0.25, 0.3) is 0 Å². The van der Waals surface area contributed by atoms with Gasteiger partial charge in [-0.25, -0.2) is 0 Å². The highest BCUT2D eigenvalue weighted by atomic mass is 16.5. The zero-order valence-electron chi connectivity index (χ0n) is 17.9. The van der Waals surface area contributed by atoms with Crippen molar-refractivity contribution in [1.82, 2.24) is 0 Å². The highest BCUT2D eigenvalue weighted by Crippen LogP contribution is 2.57. The molecule has 0 aromatic heterocycles. The van der Waals surface area contributed by atoms with Gasteiger partial charge in [0, 0.05) is 27.4 Å². The second kappa shape index (κ2) is 9.60. The van der Waals surface area contributed by atoms with Crippen LogP contribution in [0.1, 0.15) is 77.0 Å². The van der Waals surface area contributed by atoms with Crippen LogP contribution in [0.2, 0.25) is 0 Å². The molecule has 4 heteroatoms. The van der Waals surface area contributed by atoms with E-state index < -0.39 is 0 Å². The minimum atomic E-state index is -0.189. The van der Waals surface area contributed by atoms with Crippen molar-refractivity contribution in [2.45, 2.75) is 77.0 Å². The molecule has 0 radical (unpaired) electrons. The number of rotatable bonds is 6. The standard InChI is InChI=1S/C24H38N2O2/c1-27-15-19-3-7-21(8-4-19)23(17-25)11-13-24(18-26,14-12-23)22-9-5-20(6-10-22)16-28-2/h19-22H,3-16H2,1-2H3/t19?,20?,21?,22?,23-,24-. The van der Waals surface area contributed by atoms with E-state index in [4.69, 9.17) is 9.47 Å². The van der Waals surface area contributed by atoms with Gasteiger partial charge in [-0.15, -0.1) is 0 Å². The largest absolute Gasteiger partial charge is 0.384 e. The Labute approximate surface area is 171 Å². The summed E-state index contributed by atoms with van der Waals surface area (Å²) < 4.78 is 10.7. The van der Waals surface area contributed by atoms with Crippen LogP contribution >= 0.6 is 0 Å². The van der Waals surface area contributed by atoms with Gasteiger partial charge >= 0.3 is 0 Å². The normalized spacial score (nSPS) is 41.7. The van der Waals surface area contributed by atoms with Crippen molar-refractivity contribution in [2.75, 3.05) is 27.4 Å². The number of hydrogen-bond acceptors (Lipinski definition) is 4. The molecule has 3 rings (SSSR count). The van der Waals surface area contributed by atoms with Gasteiger partial charge in [0.1, 0.15) is 0 Å². The summed E-state index contributed by atoms with van der Waals surface area (Å²) in [6.45, 7) is 1.71. The van der Waals surface area contributed by atoms with Crippen LogP contribution in [-0.2, 0) is 9.47 Å². The fourth-order valence-electron chi connectivity index (χ4n) is 6.60. The van der Waals surface area contributed by atoms with Gasteiger partial charge in [-0.3, -0.25) is 0 Å². The van der Waals surface area contributed by atoms with Gasteiger partial charge < -0.3 is 9.47 Å². The molecule has 3 saturated carbocycles. The molecule has 0 aliphatic heterocycles. The van der Waals surface area contributed by atoms with Crippen molar-refractivity contribution >= 4 is 0 Å². The highest BCUT2D eigenvalue weighted by Gasteiger charge is 2.51. The third-order valence-electron chi connectivity index (χ3n) is 8.54. The Kier molecular flexibility index (Phi) is 7.41. The van der Waals surface area contributed by atoms with E-state index in [2.05, 4.69) is 12.1 Å². The number of ether oxygens (including phenoxy) is 2. The maximum atomic E-state index is 10.1. The van der Waals surface area contributed by atoms with E-state index in [1.54, 1.807) is 14.2 Å². The van der Waals surface area contributed by atoms with Gasteiger partial charge in [0.2, 0.25) is 0 Å². The first kappa shape index (κ1) is 21.6. The third kappa shape index (κ3) is 4.39. The summed E-state index contributed by atoms with van der Waals surface area (Å²) in [6.07, 6.45) is 13.1. The predicted molar refractivity (Wildman–Crippen MR) is 109 cm³/mol. The van der Waals surface area contributed by atoms with Gasteiger partial charge in [-0.2, -0.15) is 10.5 Å². The maximum absolute atomic E-state index is 10.1. The Balaban J connectivity index is 1.60. The maximum Gasteiger partial charge on any atom is 0.0692 e. The molecule has 0 heterocycles. The van der Waals surface area contributed by atoms with E-state index in [9.17, 15) is 10.5 Å². The summed E-state index contributed by atoms with van der Waals surface area (Å²) in [6, 6.07) is 5.53. The molecule has 0 aromatic rings. The first-order chi connectivity index (χ1) is 13.6. The first-order valence-electron chi connectivity index (χ1n) is 11.4. The summed E-state index contributed by atoms with van der Waals surface area (Å²) in [5.41, 5.74) is -0.378. The van der Waals surface area contributed by atoms with Crippen LogP contribution in [0.4, 0.5) is 0 Å². The quantitative estimate of drug-likeness (QED) is 0.606. The lowest BCUT2D eigenvalue weighted by atomic mass is 9.53. The van der Waals surface area contributed by atoms with Gasteiger partial charge in [-0.1, -0.05) is 0 Å². The summed E-state index contributed by atoms with van der Waals surface area (Å²) in [4.78, 5) is 0. The number of hydrogen-bond donors (Lipinski definition) is 0. The van der Waals surface area contributed by atoms with E-state index in [0.29, 0.717) is 23.7 Å². The lowest BCUT2D eigenvalue weighted by Crippen LogP contribution is -2.43. The number of nitriles is 2. The molecule has 0 spiro atoms. The second-order valence-electron chi connectivity index (χ2n) is 9.88. The minimum absolute atomic E-state index is 0.189. The molecular weight excluding hydrogens is 348 g/mol. The van der Waals surface area contributed by atoms with Crippen LogP contribution in [0.5, 0.6) is 0 Å². The van der Waals surface area contributed by atoms with Crippen molar-refractivity contribution in [3.05, 3.63) is 0 Å². The molecule has 28 heavy (non-hydrogen) atoms. The van der Waals surface area contributed by atoms with E-state index in [0.717, 1.165) is 64.6 Å². The molecule has 4 nitrogen and oxygen atoms in total. The van der Waals surface area contributed by atoms with Crippen LogP contribution in [-0.4, -0.2) is 27.4 Å². The molecule has 3 aliphatic rings. The lowest BCUT2D eigenvalue weighted by molar-refractivity contribution is 0.0165. The summed E-state index contributed by atoms with van der Waals surface area (Å²) in [5, 5.41) is 20.3. The van der Waals surface area contributed by atoms with Crippen LogP contribution < -0.4 is 0 Å². The molecular formula is C24H38N2O2. The summed E-state index contributed by atoms with van der Waals surface area (Å²) >= 11 is 0. The predicted octanol–water partition coefficient (Wildman–Crippen LogP) is 5.49. The van der Waals surface area contributed by atoms with E-state index >= 15 is 0 Å². The van der Waals surface area contributed by atoms with Crippen molar-refractivity contribution in [2.24, 2.45) is 34.5 Å². The van der Waals surface area contributed by atoms with Gasteiger partial charge in [-0.05, 0) is 101 Å².